The van der Waals surface area contributed by atoms with Gasteiger partial charge < -0.3 is 44.8 Å². The lowest BCUT2D eigenvalue weighted by Gasteiger charge is -2.14. The van der Waals surface area contributed by atoms with E-state index < -0.39 is 0 Å². The molecule has 258 valence electrons. The van der Waals surface area contributed by atoms with Crippen LogP contribution in [0.1, 0.15) is 68.0 Å². The number of carbonyl (C=O) groups excluding carboxylic acids is 2. The standard InChI is InChI=1S/C12H27N3O4.C9H9N3O.C3H6.C2H4O.3C2H6/c1-12(13)11-15(14)3-4-17-7-8-19-10-9-18-6-5-16-2;1-6-2-7-3-8(11-5-13)4-10-9(7)12-6;1-3-2;1-2-3;3*1-2/h11H,3-10,13-14H2,1-2H3;2-5H,1H3,(H,10,12)(H,11,13);3H,1H2,2H3;2H,1H3;3*1-2H3/b12-11-;;;;;;. The molecule has 2 heterocycles. The largest absolute Gasteiger partial charge is 0.401 e. The number of H-pyrrole nitrogens is 1. The number of carbonyl (C=O) groups is 2. The second-order valence-corrected chi connectivity index (χ2v) is 7.46. The number of aldehydes is 1. The van der Waals surface area contributed by atoms with Crippen molar-refractivity contribution < 1.29 is 28.5 Å². The first kappa shape index (κ1) is 50.3. The Bertz CT molecular complexity index is 883. The smallest absolute Gasteiger partial charge is 0.211 e. The Hall–Kier alpha value is -3.29. The van der Waals surface area contributed by atoms with Gasteiger partial charge >= 0.3 is 0 Å². The molecule has 44 heavy (non-hydrogen) atoms. The normalized spacial score (nSPS) is 9.14. The molecule has 2 rings (SSSR count). The number of nitrogens with zero attached hydrogens (tertiary/aromatic N) is 2. The fraction of sp³-hybridized carbons (Fsp3) is 0.594. The molecule has 6 N–H and O–H groups in total. The van der Waals surface area contributed by atoms with Gasteiger partial charge in [-0.3, -0.25) is 4.79 Å². The molecule has 0 spiro atoms. The van der Waals surface area contributed by atoms with Crippen LogP contribution in [-0.2, 0) is 28.5 Å². The molecule has 0 radical (unpaired) electrons. The molecule has 12 heteroatoms. The molecular formula is C32H64N6O6. The molecule has 0 atom stereocenters. The Balaban J connectivity index is -0.000000174. The minimum absolute atomic E-state index is 0.536. The van der Waals surface area contributed by atoms with E-state index in [9.17, 15) is 4.79 Å². The fourth-order valence-corrected chi connectivity index (χ4v) is 2.48. The minimum Gasteiger partial charge on any atom is -0.401 e. The zero-order valence-electron chi connectivity index (χ0n) is 29.4. The molecule has 0 aliphatic heterocycles. The maximum Gasteiger partial charge on any atom is 0.211 e. The van der Waals surface area contributed by atoms with Crippen LogP contribution in [0.15, 0.2) is 42.9 Å². The van der Waals surface area contributed by atoms with Crippen LogP contribution in [0, 0.1) is 6.92 Å². The number of nitrogens with two attached hydrogens (primary N) is 2. The first-order valence-corrected chi connectivity index (χ1v) is 15.1. The number of hydrogen-bond acceptors (Lipinski definition) is 10. The van der Waals surface area contributed by atoms with Gasteiger partial charge in [-0.25, -0.2) is 10.8 Å². The summed E-state index contributed by atoms with van der Waals surface area (Å²) in [5.74, 6) is 5.63. The van der Waals surface area contributed by atoms with Crippen LogP contribution in [0.2, 0.25) is 0 Å². The lowest BCUT2D eigenvalue weighted by molar-refractivity contribution is -0.106. The number of nitrogens with one attached hydrogen (secondary N) is 2. The second-order valence-electron chi connectivity index (χ2n) is 7.46. The predicted molar refractivity (Wildman–Crippen MR) is 185 cm³/mol. The molecule has 2 aromatic rings. The van der Waals surface area contributed by atoms with E-state index in [2.05, 4.69) is 21.9 Å². The van der Waals surface area contributed by atoms with Crippen molar-refractivity contribution in [3.05, 3.63) is 48.6 Å². The summed E-state index contributed by atoms with van der Waals surface area (Å²) in [6.45, 7) is 27.0. The Labute approximate surface area is 267 Å². The van der Waals surface area contributed by atoms with Crippen LogP contribution < -0.4 is 16.9 Å². The number of rotatable bonds is 15. The highest BCUT2D eigenvalue weighted by Gasteiger charge is 1.99. The van der Waals surface area contributed by atoms with Crippen LogP contribution in [0.25, 0.3) is 11.0 Å². The number of aromatic nitrogens is 2. The maximum absolute atomic E-state index is 10.2. The number of anilines is 1. The Morgan fingerprint density at radius 3 is 1.84 bits per heavy atom. The number of aryl methyl sites for hydroxylation is 1. The van der Waals surface area contributed by atoms with E-state index in [4.69, 9.17) is 35.3 Å². The van der Waals surface area contributed by atoms with Crippen LogP contribution in [0.5, 0.6) is 0 Å². The number of hydrogen-bond donors (Lipinski definition) is 4. The number of ether oxygens (including phenoxy) is 4. The van der Waals surface area contributed by atoms with Crippen molar-refractivity contribution in [1.82, 2.24) is 15.0 Å². The van der Waals surface area contributed by atoms with E-state index in [-0.39, 0.29) is 0 Å². The zero-order chi connectivity index (χ0) is 35.0. The third kappa shape index (κ3) is 38.7. The topological polar surface area (TPSA) is 167 Å². The van der Waals surface area contributed by atoms with Gasteiger partial charge in [-0.1, -0.05) is 47.6 Å². The van der Waals surface area contributed by atoms with Gasteiger partial charge in [0.1, 0.15) is 11.9 Å². The lowest BCUT2D eigenvalue weighted by Crippen LogP contribution is -2.30. The summed E-state index contributed by atoms with van der Waals surface area (Å²) in [4.78, 5) is 26.2. The van der Waals surface area contributed by atoms with Gasteiger partial charge in [0.15, 0.2) is 0 Å². The summed E-state index contributed by atoms with van der Waals surface area (Å²) in [6, 6.07) is 3.86. The fourth-order valence-electron chi connectivity index (χ4n) is 2.48. The van der Waals surface area contributed by atoms with E-state index >= 15 is 0 Å². The highest BCUT2D eigenvalue weighted by molar-refractivity contribution is 5.83. The maximum atomic E-state index is 10.2. The predicted octanol–water partition coefficient (Wildman–Crippen LogP) is 5.59. The molecule has 0 saturated carbocycles. The molecule has 0 aromatic carbocycles. The number of fused-ring (bicyclic) bond motifs is 1. The molecule has 0 unspecified atom stereocenters. The van der Waals surface area contributed by atoms with Gasteiger partial charge in [0.05, 0.1) is 64.7 Å². The Kier molecular flexibility index (Phi) is 50.5. The summed E-state index contributed by atoms with van der Waals surface area (Å²) in [6.07, 6.45) is 6.42. The molecule has 1 amide bonds. The van der Waals surface area contributed by atoms with E-state index in [1.54, 1.807) is 32.5 Å². The van der Waals surface area contributed by atoms with Crippen LogP contribution >= 0.6 is 0 Å². The van der Waals surface area contributed by atoms with Crippen LogP contribution in [0.4, 0.5) is 5.69 Å². The van der Waals surface area contributed by atoms with Crippen molar-refractivity contribution in [2.75, 3.05) is 65.2 Å². The van der Waals surface area contributed by atoms with Crippen molar-refractivity contribution >= 4 is 29.4 Å². The van der Waals surface area contributed by atoms with E-state index in [1.807, 2.05) is 67.5 Å². The third-order valence-electron chi connectivity index (χ3n) is 3.87. The number of aromatic amines is 1. The van der Waals surface area contributed by atoms with Gasteiger partial charge in [-0.15, -0.1) is 6.58 Å². The number of amides is 1. The summed E-state index contributed by atoms with van der Waals surface area (Å²) in [7, 11) is 1.64. The van der Waals surface area contributed by atoms with Gasteiger partial charge in [-0.05, 0) is 39.8 Å². The molecule has 0 aliphatic carbocycles. The van der Waals surface area contributed by atoms with E-state index in [0.29, 0.717) is 70.6 Å². The molecule has 12 nitrogen and oxygen atoms in total. The highest BCUT2D eigenvalue weighted by atomic mass is 16.6. The molecule has 0 fully saturated rings. The number of hydrazine groups is 1. The number of pyridine rings is 1. The minimum atomic E-state index is 0.536. The molecule has 0 bridgehead atoms. The lowest BCUT2D eigenvalue weighted by atomic mass is 10.3. The van der Waals surface area contributed by atoms with Gasteiger partial charge in [-0.2, -0.15) is 0 Å². The quantitative estimate of drug-likeness (QED) is 0.0641. The van der Waals surface area contributed by atoms with Crippen molar-refractivity contribution in [2.24, 2.45) is 11.6 Å². The average molecular weight is 629 g/mol. The van der Waals surface area contributed by atoms with Gasteiger partial charge in [0.2, 0.25) is 6.41 Å². The van der Waals surface area contributed by atoms with Crippen molar-refractivity contribution in [3.8, 4) is 0 Å². The SMILES string of the molecule is C=CC.CC.CC.CC.CC=O.COCCOCCOCCOCCN(N)/C=C(/C)N.Cc1cc2cc(NC=O)cnc2[nH]1. The van der Waals surface area contributed by atoms with E-state index in [0.717, 1.165) is 23.0 Å². The van der Waals surface area contributed by atoms with E-state index in [1.165, 1.54) is 11.9 Å². The number of methoxy groups -OCH3 is 1. The molecule has 0 aliphatic rings. The Morgan fingerprint density at radius 2 is 1.41 bits per heavy atom. The van der Waals surface area contributed by atoms with Gasteiger partial charge in [0.25, 0.3) is 0 Å². The molecular weight excluding hydrogens is 564 g/mol. The van der Waals surface area contributed by atoms with Gasteiger partial charge in [0, 0.05) is 30.1 Å². The summed E-state index contributed by atoms with van der Waals surface area (Å²) >= 11 is 0. The second kappa shape index (κ2) is 44.2. The Morgan fingerprint density at radius 1 is 0.955 bits per heavy atom. The first-order valence-electron chi connectivity index (χ1n) is 15.1. The number of allylic oxidation sites excluding steroid dienone is 2. The van der Waals surface area contributed by atoms with Crippen LogP contribution in [-0.4, -0.2) is 87.6 Å². The van der Waals surface area contributed by atoms with Crippen molar-refractivity contribution in [2.45, 2.75) is 69.2 Å². The zero-order valence-corrected chi connectivity index (χ0v) is 29.4. The van der Waals surface area contributed by atoms with Crippen molar-refractivity contribution in [3.63, 3.8) is 0 Å². The monoisotopic (exact) mass is 628 g/mol. The summed E-state index contributed by atoms with van der Waals surface area (Å²) in [5, 5.41) is 5.06. The first-order chi connectivity index (χ1) is 21.3. The highest BCUT2D eigenvalue weighted by Crippen LogP contribution is 2.16. The molecule has 0 saturated heterocycles. The van der Waals surface area contributed by atoms with Crippen LogP contribution in [0.3, 0.4) is 0 Å². The third-order valence-corrected chi connectivity index (χ3v) is 3.87. The molecule has 2 aromatic heterocycles. The average Bonchev–Trinajstić information content (AvgIpc) is 3.39. The van der Waals surface area contributed by atoms with Crippen molar-refractivity contribution in [1.29, 1.82) is 0 Å². The summed E-state index contributed by atoms with van der Waals surface area (Å²) in [5.41, 5.74) is 8.76. The summed E-state index contributed by atoms with van der Waals surface area (Å²) < 4.78 is 20.8.